The van der Waals surface area contributed by atoms with Crippen molar-refractivity contribution in [2.45, 2.75) is 52.4 Å². The summed E-state index contributed by atoms with van der Waals surface area (Å²) >= 11 is 0. The summed E-state index contributed by atoms with van der Waals surface area (Å²) in [5.41, 5.74) is 7.14. The van der Waals surface area contributed by atoms with Gasteiger partial charge in [0.25, 0.3) is 0 Å². The van der Waals surface area contributed by atoms with Crippen molar-refractivity contribution in [2.75, 3.05) is 23.9 Å². The van der Waals surface area contributed by atoms with E-state index in [1.165, 1.54) is 5.57 Å². The smallest absolute Gasteiger partial charge is 0.115 e. The molecule has 0 radical (unpaired) electrons. The minimum atomic E-state index is -0.0842. The van der Waals surface area contributed by atoms with Gasteiger partial charge in [-0.1, -0.05) is 19.9 Å². The SMILES string of the molecule is CCC1(CC)C(=CCC2N(C)C=CN2c2ccc(C#N)cc2C)c2cc(C#N)ccc2N2C=CN(C)C21. The highest BCUT2D eigenvalue weighted by Crippen LogP contribution is 2.55. The molecule has 2 unspecified atom stereocenters. The van der Waals surface area contributed by atoms with Crippen molar-refractivity contribution < 1.29 is 0 Å². The van der Waals surface area contributed by atoms with Crippen molar-refractivity contribution in [3.63, 3.8) is 0 Å². The summed E-state index contributed by atoms with van der Waals surface area (Å²) in [6, 6.07) is 16.6. The second-order valence-electron chi connectivity index (χ2n) is 10.3. The molecule has 0 fully saturated rings. The zero-order valence-electron chi connectivity index (χ0n) is 22.3. The highest BCUT2D eigenvalue weighted by atomic mass is 15.4. The van der Waals surface area contributed by atoms with E-state index in [1.54, 1.807) is 0 Å². The maximum absolute atomic E-state index is 9.71. The lowest BCUT2D eigenvalue weighted by Gasteiger charge is -2.52. The van der Waals surface area contributed by atoms with Gasteiger partial charge in [-0.3, -0.25) is 0 Å². The Morgan fingerprint density at radius 2 is 1.46 bits per heavy atom. The molecule has 0 aliphatic carbocycles. The minimum absolute atomic E-state index is 0.0842. The van der Waals surface area contributed by atoms with E-state index in [0.717, 1.165) is 41.8 Å². The van der Waals surface area contributed by atoms with Gasteiger partial charge in [-0.2, -0.15) is 10.5 Å². The number of rotatable bonds is 5. The van der Waals surface area contributed by atoms with Crippen LogP contribution in [-0.2, 0) is 0 Å². The molecule has 3 heterocycles. The van der Waals surface area contributed by atoms with Crippen LogP contribution in [0.15, 0.2) is 67.3 Å². The monoisotopic (exact) mass is 490 g/mol. The molecule has 3 aliphatic rings. The van der Waals surface area contributed by atoms with Crippen LogP contribution in [0.5, 0.6) is 0 Å². The van der Waals surface area contributed by atoms with E-state index in [2.05, 4.69) is 110 Å². The molecule has 0 bridgehead atoms. The van der Waals surface area contributed by atoms with Crippen LogP contribution in [0.4, 0.5) is 11.4 Å². The number of hydrogen-bond donors (Lipinski definition) is 0. The summed E-state index contributed by atoms with van der Waals surface area (Å²) in [7, 11) is 4.28. The number of nitrogens with zero attached hydrogens (tertiary/aromatic N) is 6. The van der Waals surface area contributed by atoms with Crippen molar-refractivity contribution in [3.05, 3.63) is 89.5 Å². The number of fused-ring (bicyclic) bond motifs is 3. The molecule has 5 rings (SSSR count). The summed E-state index contributed by atoms with van der Waals surface area (Å²) in [4.78, 5) is 9.27. The van der Waals surface area contributed by atoms with Gasteiger partial charge < -0.3 is 19.6 Å². The van der Waals surface area contributed by atoms with Gasteiger partial charge >= 0.3 is 0 Å². The molecule has 6 heteroatoms. The third kappa shape index (κ3) is 3.76. The van der Waals surface area contributed by atoms with Crippen molar-refractivity contribution >= 4 is 16.9 Å². The maximum Gasteiger partial charge on any atom is 0.115 e. The predicted molar refractivity (Wildman–Crippen MR) is 149 cm³/mol. The highest BCUT2D eigenvalue weighted by molar-refractivity contribution is 5.86. The van der Waals surface area contributed by atoms with Crippen molar-refractivity contribution in [2.24, 2.45) is 5.41 Å². The van der Waals surface area contributed by atoms with Gasteiger partial charge in [0.05, 0.1) is 29.0 Å². The minimum Gasteiger partial charge on any atom is -0.358 e. The molecular weight excluding hydrogens is 456 g/mol. The first-order valence-corrected chi connectivity index (χ1v) is 13.0. The zero-order valence-corrected chi connectivity index (χ0v) is 22.3. The van der Waals surface area contributed by atoms with E-state index < -0.39 is 0 Å². The van der Waals surface area contributed by atoms with Crippen LogP contribution in [0, 0.1) is 35.0 Å². The average molecular weight is 491 g/mol. The molecule has 0 aromatic heterocycles. The van der Waals surface area contributed by atoms with Crippen LogP contribution in [0.3, 0.4) is 0 Å². The number of anilines is 2. The molecule has 0 spiro atoms. The molecule has 188 valence electrons. The van der Waals surface area contributed by atoms with Gasteiger partial charge in [-0.15, -0.1) is 0 Å². The third-order valence-electron chi connectivity index (χ3n) is 8.49. The second kappa shape index (κ2) is 9.37. The average Bonchev–Trinajstić information content (AvgIpc) is 3.49. The van der Waals surface area contributed by atoms with Gasteiger partial charge in [0, 0.05) is 62.0 Å². The fourth-order valence-corrected chi connectivity index (χ4v) is 6.50. The molecular formula is C31H34N6. The molecule has 0 N–H and O–H groups in total. The second-order valence-corrected chi connectivity index (χ2v) is 10.3. The van der Waals surface area contributed by atoms with E-state index >= 15 is 0 Å². The summed E-state index contributed by atoms with van der Waals surface area (Å²) in [5.74, 6) is 0. The summed E-state index contributed by atoms with van der Waals surface area (Å²) < 4.78 is 0. The molecule has 0 saturated carbocycles. The Balaban J connectivity index is 1.60. The first-order valence-electron chi connectivity index (χ1n) is 13.0. The van der Waals surface area contributed by atoms with Gasteiger partial charge in [0.15, 0.2) is 0 Å². The molecule has 6 nitrogen and oxygen atoms in total. The number of nitriles is 2. The maximum atomic E-state index is 9.71. The lowest BCUT2D eigenvalue weighted by atomic mass is 9.66. The van der Waals surface area contributed by atoms with E-state index in [4.69, 9.17) is 0 Å². The van der Waals surface area contributed by atoms with Gasteiger partial charge in [0.2, 0.25) is 0 Å². The number of hydrogen-bond acceptors (Lipinski definition) is 6. The van der Waals surface area contributed by atoms with Crippen LogP contribution in [-0.4, -0.2) is 36.2 Å². The molecule has 2 aromatic rings. The van der Waals surface area contributed by atoms with Crippen LogP contribution in [0.1, 0.15) is 55.4 Å². The van der Waals surface area contributed by atoms with Crippen molar-refractivity contribution in [1.82, 2.24) is 9.80 Å². The van der Waals surface area contributed by atoms with Gasteiger partial charge in [-0.25, -0.2) is 0 Å². The van der Waals surface area contributed by atoms with Crippen molar-refractivity contribution in [3.8, 4) is 12.1 Å². The summed E-state index contributed by atoms with van der Waals surface area (Å²) in [5, 5.41) is 19.0. The Morgan fingerprint density at radius 1 is 0.838 bits per heavy atom. The molecule has 0 amide bonds. The van der Waals surface area contributed by atoms with E-state index in [1.807, 2.05) is 24.3 Å². The first-order chi connectivity index (χ1) is 17.9. The van der Waals surface area contributed by atoms with Crippen LogP contribution in [0.2, 0.25) is 0 Å². The molecule has 2 aromatic carbocycles. The predicted octanol–water partition coefficient (Wildman–Crippen LogP) is 6.13. The fourth-order valence-electron chi connectivity index (χ4n) is 6.50. The quantitative estimate of drug-likeness (QED) is 0.502. The van der Waals surface area contributed by atoms with Crippen LogP contribution >= 0.6 is 0 Å². The molecule has 37 heavy (non-hydrogen) atoms. The Labute approximate surface area is 220 Å². The summed E-state index contributed by atoms with van der Waals surface area (Å²) in [6.45, 7) is 6.64. The van der Waals surface area contributed by atoms with E-state index in [-0.39, 0.29) is 17.7 Å². The standard InChI is InChI=1S/C31H34N6/c1-6-31(7-2)26(25-19-24(21-33)9-12-28(25)37-17-15-35(5)30(31)37)10-13-29-34(4)14-16-36(29)27-11-8-23(20-32)18-22(27)3/h8-12,14-19,29-30H,6-7,13H2,1-5H3. The summed E-state index contributed by atoms with van der Waals surface area (Å²) in [6.07, 6.45) is 14.1. The molecule has 0 saturated heterocycles. The largest absolute Gasteiger partial charge is 0.358 e. The van der Waals surface area contributed by atoms with Crippen LogP contribution in [0.25, 0.3) is 5.57 Å². The lowest BCUT2D eigenvalue weighted by Crippen LogP contribution is -2.53. The Hall–Kier alpha value is -4.16. The highest BCUT2D eigenvalue weighted by Gasteiger charge is 2.50. The Morgan fingerprint density at radius 3 is 2.11 bits per heavy atom. The number of benzene rings is 2. The normalized spacial score (nSPS) is 22.3. The topological polar surface area (TPSA) is 60.5 Å². The Bertz CT molecular complexity index is 1380. The molecule has 3 aliphatic heterocycles. The first kappa shape index (κ1) is 24.5. The van der Waals surface area contributed by atoms with Gasteiger partial charge in [-0.05, 0) is 67.3 Å². The third-order valence-corrected chi connectivity index (χ3v) is 8.49. The zero-order chi connectivity index (χ0) is 26.3. The molecule has 2 atom stereocenters. The van der Waals surface area contributed by atoms with Crippen molar-refractivity contribution in [1.29, 1.82) is 10.5 Å². The van der Waals surface area contributed by atoms with E-state index in [9.17, 15) is 10.5 Å². The lowest BCUT2D eigenvalue weighted by molar-refractivity contribution is 0.174. The van der Waals surface area contributed by atoms with Crippen LogP contribution < -0.4 is 9.80 Å². The van der Waals surface area contributed by atoms with E-state index in [0.29, 0.717) is 11.1 Å². The Kier molecular flexibility index (Phi) is 6.21. The van der Waals surface area contributed by atoms with Gasteiger partial charge in [0.1, 0.15) is 12.3 Å². The number of aryl methyl sites for hydroxylation is 1. The fraction of sp³-hybridized carbons (Fsp3) is 0.355.